The Hall–Kier alpha value is 0.801. The number of carboxylic acids is 4. The van der Waals surface area contributed by atoms with Crippen molar-refractivity contribution in [3.8, 4) is 0 Å². The van der Waals surface area contributed by atoms with Crippen molar-refractivity contribution >= 4 is 115 Å². The molecule has 0 aliphatic heterocycles. The molecule has 0 atom stereocenters. The fourth-order valence-corrected chi connectivity index (χ4v) is 0.684. The molecule has 0 aliphatic carbocycles. The summed E-state index contributed by atoms with van der Waals surface area (Å²) < 4.78 is 0. The first kappa shape index (κ1) is 28.0. The van der Waals surface area contributed by atoms with Gasteiger partial charge in [0.05, 0.1) is 5.97 Å². The van der Waals surface area contributed by atoms with E-state index < -0.39 is 42.3 Å². The zero-order valence-electron chi connectivity index (χ0n) is 10.0. The summed E-state index contributed by atoms with van der Waals surface area (Å²) >= 11 is 0. The maximum atomic E-state index is 10.1. The van der Waals surface area contributed by atoms with Gasteiger partial charge in [0.1, 0.15) is 5.60 Å². The van der Waals surface area contributed by atoms with Crippen LogP contribution in [-0.2, 0) is 19.2 Å². The van der Waals surface area contributed by atoms with Gasteiger partial charge in [0.15, 0.2) is 0 Å². The van der Waals surface area contributed by atoms with Gasteiger partial charge in [-0.3, -0.25) is 0 Å². The third kappa shape index (κ3) is 18.8. The van der Waals surface area contributed by atoms with Crippen molar-refractivity contribution in [1.82, 2.24) is 0 Å². The van der Waals surface area contributed by atoms with Crippen LogP contribution in [-0.4, -0.2) is 126 Å². The molecule has 0 aromatic rings. The summed E-state index contributed by atoms with van der Waals surface area (Å²) in [6.45, 7) is 0.972. The minimum absolute atomic E-state index is 0. The Kier molecular flexibility index (Phi) is 20.3. The number of hydrogen-bond acceptors (Lipinski definition) is 9. The Balaban J connectivity index is -0.000000165. The van der Waals surface area contributed by atoms with Crippen LogP contribution in [0.25, 0.3) is 0 Å². The van der Waals surface area contributed by atoms with Crippen molar-refractivity contribution in [3.05, 3.63) is 0 Å². The Morgan fingerprint density at radius 2 is 1.11 bits per heavy atom. The molecule has 0 bridgehead atoms. The van der Waals surface area contributed by atoms with E-state index in [9.17, 15) is 29.7 Å². The van der Waals surface area contributed by atoms with Crippen LogP contribution in [0.1, 0.15) is 19.8 Å². The van der Waals surface area contributed by atoms with Crippen LogP contribution >= 0.6 is 0 Å². The van der Waals surface area contributed by atoms with E-state index in [2.05, 4.69) is 0 Å². The van der Waals surface area contributed by atoms with Gasteiger partial charge < -0.3 is 44.7 Å². The van der Waals surface area contributed by atoms with Crippen molar-refractivity contribution in [2.24, 2.45) is 0 Å². The fourth-order valence-electron chi connectivity index (χ4n) is 0.684. The Labute approximate surface area is 182 Å². The zero-order valence-corrected chi connectivity index (χ0v) is 17.0. The van der Waals surface area contributed by atoms with Gasteiger partial charge in [0, 0.05) is 30.7 Å². The van der Waals surface area contributed by atoms with Gasteiger partial charge in [-0.05, 0) is 6.92 Å². The van der Waals surface area contributed by atoms with Crippen LogP contribution in [0.5, 0.6) is 0 Å². The molecule has 0 saturated carbocycles. The number of carboxylic acid groups (broad SMARTS) is 4. The smallest absolute Gasteiger partial charge is 0.550 e. The van der Waals surface area contributed by atoms with Gasteiger partial charge in [-0.2, -0.15) is 0 Å². The summed E-state index contributed by atoms with van der Waals surface area (Å²) in [7, 11) is 0. The monoisotopic (exact) mass is 424 g/mol. The van der Waals surface area contributed by atoms with Gasteiger partial charge in [-0.15, -0.1) is 0 Å². The molecule has 0 amide bonds. The number of rotatable bonds is 5. The third-order valence-corrected chi connectivity index (χ3v) is 1.25. The Morgan fingerprint density at radius 3 is 1.21 bits per heavy atom. The van der Waals surface area contributed by atoms with E-state index in [1.807, 2.05) is 0 Å². The van der Waals surface area contributed by atoms with Gasteiger partial charge in [0.2, 0.25) is 0 Å². The average molecular weight is 423 g/mol. The summed E-state index contributed by atoms with van der Waals surface area (Å²) in [6.07, 6.45) is -2.72. The molecule has 1 N–H and O–H groups in total. The van der Waals surface area contributed by atoms with E-state index in [1.54, 1.807) is 0 Å². The van der Waals surface area contributed by atoms with Crippen LogP contribution in [0.4, 0.5) is 0 Å². The first-order chi connectivity index (χ1) is 7.51. The van der Waals surface area contributed by atoms with Gasteiger partial charge >= 0.3 is 91.0 Å². The topological polar surface area (TPSA) is 181 Å². The number of carbonyl (C=O) groups is 4. The first-order valence-corrected chi connectivity index (χ1v) is 4.02. The van der Waals surface area contributed by atoms with Crippen LogP contribution < -0.4 is 20.4 Å². The molecule has 0 radical (unpaired) electrons. The van der Waals surface area contributed by atoms with E-state index in [1.165, 1.54) is 0 Å². The molecule has 0 aromatic carbocycles. The molecule has 0 heterocycles. The Morgan fingerprint density at radius 1 is 0.895 bits per heavy atom. The summed E-state index contributed by atoms with van der Waals surface area (Å²) in [5, 5.41) is 47.8. The van der Waals surface area contributed by atoms with E-state index in [0.29, 0.717) is 0 Å². The molecule has 98 valence electrons. The Bertz CT molecular complexity index is 308. The zero-order chi connectivity index (χ0) is 14.2. The van der Waals surface area contributed by atoms with Crippen molar-refractivity contribution in [3.63, 3.8) is 0 Å². The summed E-state index contributed by atoms with van der Waals surface area (Å²) in [6, 6.07) is 0. The molecule has 0 saturated heterocycles. The number of carbonyl (C=O) groups excluding carboxylic acids is 4. The van der Waals surface area contributed by atoms with Crippen LogP contribution in [0.3, 0.4) is 0 Å². The summed E-state index contributed by atoms with van der Waals surface area (Å²) in [5.41, 5.74) is -2.97. The molecule has 0 spiro atoms. The second kappa shape index (κ2) is 13.8. The van der Waals surface area contributed by atoms with Crippen molar-refractivity contribution in [2.75, 3.05) is 0 Å². The maximum absolute atomic E-state index is 10.1. The second-order valence-electron chi connectivity index (χ2n) is 2.91. The van der Waals surface area contributed by atoms with Crippen LogP contribution in [0.15, 0.2) is 0 Å². The summed E-state index contributed by atoms with van der Waals surface area (Å²) in [4.78, 5) is 38.9. The van der Waals surface area contributed by atoms with E-state index in [0.717, 1.165) is 6.92 Å². The van der Waals surface area contributed by atoms with Crippen molar-refractivity contribution in [2.45, 2.75) is 25.4 Å². The van der Waals surface area contributed by atoms with Gasteiger partial charge in [-0.25, -0.2) is 0 Å². The molecule has 11 heteroatoms. The predicted octanol–water partition coefficient (Wildman–Crippen LogP) is -7.26. The molecule has 0 rings (SSSR count). The molecular formula is C8H8O9Sr2. The van der Waals surface area contributed by atoms with E-state index in [-0.39, 0.29) is 91.0 Å². The molecular weight excluding hydrogens is 415 g/mol. The maximum Gasteiger partial charge on any atom is 2.00 e. The molecule has 0 aliphatic rings. The van der Waals surface area contributed by atoms with Crippen LogP contribution in [0.2, 0.25) is 0 Å². The largest absolute Gasteiger partial charge is 2.00 e. The number of aliphatic hydroxyl groups is 1. The summed E-state index contributed by atoms with van der Waals surface area (Å²) in [5.74, 6) is -7.07. The van der Waals surface area contributed by atoms with Gasteiger partial charge in [-0.1, -0.05) is 0 Å². The fraction of sp³-hybridized carbons (Fsp3) is 0.500. The number of hydrogen-bond donors (Lipinski definition) is 1. The van der Waals surface area contributed by atoms with Crippen molar-refractivity contribution in [1.29, 1.82) is 0 Å². The second-order valence-corrected chi connectivity index (χ2v) is 2.91. The van der Waals surface area contributed by atoms with E-state index >= 15 is 0 Å². The first-order valence-electron chi connectivity index (χ1n) is 4.02. The number of aliphatic carboxylic acids is 4. The van der Waals surface area contributed by atoms with Crippen LogP contribution in [0, 0.1) is 0 Å². The quantitative estimate of drug-likeness (QED) is 0.420. The molecule has 0 fully saturated rings. The molecule has 0 aromatic heterocycles. The SMILES string of the molecule is CC(=O)[O-].O=C([O-])CC(O)(CC(=O)[O-])C(=O)[O-].[Sr+2].[Sr+2]. The van der Waals surface area contributed by atoms with E-state index in [4.69, 9.17) is 15.0 Å². The molecule has 9 nitrogen and oxygen atoms in total. The third-order valence-electron chi connectivity index (χ3n) is 1.25. The van der Waals surface area contributed by atoms with Crippen molar-refractivity contribution < 1.29 is 44.7 Å². The predicted molar refractivity (Wildman–Crippen MR) is 51.4 cm³/mol. The molecule has 19 heavy (non-hydrogen) atoms. The molecule has 0 unspecified atom stereocenters. The van der Waals surface area contributed by atoms with Gasteiger partial charge in [0.25, 0.3) is 0 Å². The minimum atomic E-state index is -2.97. The minimum Gasteiger partial charge on any atom is -0.550 e. The average Bonchev–Trinajstić information content (AvgIpc) is 1.98. The normalized spacial score (nSPS) is 8.74. The standard InChI is InChI=1S/C6H8O7.C2H4O2.2Sr/c7-3(8)1-6(13,5(11)12)2-4(9)10;1-2(3)4;;/h13H,1-2H2,(H,7,8)(H,9,10)(H,11,12);1H3,(H,3,4);;/q;;2*+2/p-4.